The number of hydrogen-bond acceptors (Lipinski definition) is 2. The second kappa shape index (κ2) is 5.25. The van der Waals surface area contributed by atoms with Crippen LogP contribution >= 0.6 is 0 Å². The Bertz CT molecular complexity index is 406. The second-order valence-corrected chi connectivity index (χ2v) is 3.37. The third-order valence-corrected chi connectivity index (χ3v) is 2.17. The summed E-state index contributed by atoms with van der Waals surface area (Å²) in [5.74, 6) is -3.39. The zero-order chi connectivity index (χ0) is 12.1. The van der Waals surface area contributed by atoms with Gasteiger partial charge in [0.1, 0.15) is 11.7 Å². The first-order valence-corrected chi connectivity index (χ1v) is 4.76. The Balaban J connectivity index is 2.56. The van der Waals surface area contributed by atoms with Crippen molar-refractivity contribution in [3.63, 3.8) is 0 Å². The van der Waals surface area contributed by atoms with Gasteiger partial charge in [-0.25, -0.2) is 4.39 Å². The van der Waals surface area contributed by atoms with Crippen LogP contribution in [0.3, 0.4) is 0 Å². The summed E-state index contributed by atoms with van der Waals surface area (Å²) in [4.78, 5) is 21.7. The molecule has 1 aromatic carbocycles. The number of aliphatic carboxylic acids is 1. The molecule has 0 aromatic heterocycles. The molecule has 16 heavy (non-hydrogen) atoms. The van der Waals surface area contributed by atoms with Crippen LogP contribution in [0.25, 0.3) is 0 Å². The van der Waals surface area contributed by atoms with Crippen molar-refractivity contribution in [2.24, 2.45) is 5.92 Å². The fraction of sp³-hybridized carbons (Fsp3) is 0.273. The topological polar surface area (TPSA) is 66.4 Å². The molecular formula is C11H12FNO3. The predicted molar refractivity (Wildman–Crippen MR) is 55.0 cm³/mol. The summed E-state index contributed by atoms with van der Waals surface area (Å²) in [5, 5.41) is 10.9. The highest BCUT2D eigenvalue weighted by Crippen LogP contribution is 2.06. The highest BCUT2D eigenvalue weighted by atomic mass is 19.1. The number of hydrogen-bond donors (Lipinski definition) is 2. The molecule has 0 fully saturated rings. The molecule has 0 saturated heterocycles. The van der Waals surface area contributed by atoms with Gasteiger partial charge in [-0.15, -0.1) is 0 Å². The van der Waals surface area contributed by atoms with Crippen LogP contribution in [0.5, 0.6) is 0 Å². The first-order valence-electron chi connectivity index (χ1n) is 4.76. The Morgan fingerprint density at radius 3 is 2.62 bits per heavy atom. The van der Waals surface area contributed by atoms with Gasteiger partial charge in [0.15, 0.2) is 0 Å². The van der Waals surface area contributed by atoms with Crippen LogP contribution in [-0.2, 0) is 16.1 Å². The number of carbonyl (C=O) groups excluding carboxylic acids is 1. The summed E-state index contributed by atoms with van der Waals surface area (Å²) in [6.07, 6.45) is 0. The Labute approximate surface area is 92.1 Å². The molecular weight excluding hydrogens is 213 g/mol. The van der Waals surface area contributed by atoms with Crippen molar-refractivity contribution in [2.45, 2.75) is 13.5 Å². The summed E-state index contributed by atoms with van der Waals surface area (Å²) in [5.41, 5.74) is 0.327. The fourth-order valence-electron chi connectivity index (χ4n) is 1.09. The molecule has 5 heteroatoms. The maximum Gasteiger partial charge on any atom is 0.315 e. The monoisotopic (exact) mass is 225 g/mol. The zero-order valence-corrected chi connectivity index (χ0v) is 8.74. The van der Waals surface area contributed by atoms with Crippen LogP contribution in [0, 0.1) is 11.7 Å². The van der Waals surface area contributed by atoms with Gasteiger partial charge in [-0.05, 0) is 13.0 Å². The lowest BCUT2D eigenvalue weighted by molar-refractivity contribution is -0.146. The summed E-state index contributed by atoms with van der Waals surface area (Å²) in [6, 6.07) is 5.99. The highest BCUT2D eigenvalue weighted by Gasteiger charge is 2.19. The molecule has 0 aliphatic carbocycles. The van der Waals surface area contributed by atoms with Gasteiger partial charge in [-0.2, -0.15) is 0 Å². The first-order chi connectivity index (χ1) is 7.52. The molecule has 0 saturated carbocycles. The third-order valence-electron chi connectivity index (χ3n) is 2.17. The van der Waals surface area contributed by atoms with Crippen LogP contribution < -0.4 is 5.32 Å². The molecule has 0 aliphatic heterocycles. The van der Waals surface area contributed by atoms with E-state index in [1.54, 1.807) is 12.1 Å². The van der Waals surface area contributed by atoms with Crippen molar-refractivity contribution >= 4 is 11.9 Å². The van der Waals surface area contributed by atoms with Crippen LogP contribution in [0.1, 0.15) is 12.5 Å². The summed E-state index contributed by atoms with van der Waals surface area (Å²) in [6.45, 7) is 1.27. The number of carboxylic acid groups (broad SMARTS) is 1. The average molecular weight is 225 g/mol. The Morgan fingerprint density at radius 2 is 2.06 bits per heavy atom. The Hall–Kier alpha value is -1.91. The van der Waals surface area contributed by atoms with Crippen LogP contribution in [-0.4, -0.2) is 17.0 Å². The normalized spacial score (nSPS) is 11.9. The van der Waals surface area contributed by atoms with E-state index in [-0.39, 0.29) is 6.54 Å². The second-order valence-electron chi connectivity index (χ2n) is 3.37. The van der Waals surface area contributed by atoms with Gasteiger partial charge in [0.05, 0.1) is 0 Å². The van der Waals surface area contributed by atoms with Crippen LogP contribution in [0.2, 0.25) is 0 Å². The summed E-state index contributed by atoms with van der Waals surface area (Å²) >= 11 is 0. The van der Waals surface area contributed by atoms with Crippen molar-refractivity contribution < 1.29 is 19.1 Å². The first kappa shape index (κ1) is 12.2. The molecule has 0 heterocycles. The van der Waals surface area contributed by atoms with Gasteiger partial charge in [-0.3, -0.25) is 9.59 Å². The molecule has 0 spiro atoms. The number of carboxylic acids is 1. The molecule has 1 unspecified atom stereocenters. The Morgan fingerprint density at radius 1 is 1.44 bits per heavy atom. The number of amides is 1. The molecule has 4 nitrogen and oxygen atoms in total. The lowest BCUT2D eigenvalue weighted by Crippen LogP contribution is -2.33. The van der Waals surface area contributed by atoms with E-state index in [4.69, 9.17) is 5.11 Å². The zero-order valence-electron chi connectivity index (χ0n) is 8.74. The largest absolute Gasteiger partial charge is 0.481 e. The van der Waals surface area contributed by atoms with Gasteiger partial charge in [-0.1, -0.05) is 18.2 Å². The number of benzene rings is 1. The average Bonchev–Trinajstić information content (AvgIpc) is 2.26. The Kier molecular flexibility index (Phi) is 3.99. The molecule has 2 N–H and O–H groups in total. The van der Waals surface area contributed by atoms with E-state index in [0.717, 1.165) is 0 Å². The van der Waals surface area contributed by atoms with Crippen molar-refractivity contribution in [3.05, 3.63) is 35.6 Å². The van der Waals surface area contributed by atoms with E-state index in [1.807, 2.05) is 0 Å². The van der Waals surface area contributed by atoms with E-state index < -0.39 is 23.6 Å². The molecule has 0 bridgehead atoms. The maximum atomic E-state index is 13.1. The van der Waals surface area contributed by atoms with Gasteiger partial charge in [0, 0.05) is 12.1 Å². The number of nitrogens with one attached hydrogen (secondary N) is 1. The van der Waals surface area contributed by atoms with E-state index in [9.17, 15) is 14.0 Å². The van der Waals surface area contributed by atoms with Crippen molar-refractivity contribution in [1.82, 2.24) is 5.32 Å². The lowest BCUT2D eigenvalue weighted by Gasteiger charge is -2.08. The minimum atomic E-state index is -1.20. The minimum absolute atomic E-state index is 0.0108. The van der Waals surface area contributed by atoms with Crippen LogP contribution in [0.4, 0.5) is 4.39 Å². The minimum Gasteiger partial charge on any atom is -0.481 e. The van der Waals surface area contributed by atoms with E-state index in [1.165, 1.54) is 19.1 Å². The quantitative estimate of drug-likeness (QED) is 0.756. The fourth-order valence-corrected chi connectivity index (χ4v) is 1.09. The van der Waals surface area contributed by atoms with Gasteiger partial charge >= 0.3 is 5.97 Å². The SMILES string of the molecule is CC(C(=O)O)C(=O)NCc1ccccc1F. The third kappa shape index (κ3) is 3.05. The van der Waals surface area contributed by atoms with Crippen LogP contribution in [0.15, 0.2) is 24.3 Å². The number of rotatable bonds is 4. The number of halogens is 1. The smallest absolute Gasteiger partial charge is 0.315 e. The molecule has 86 valence electrons. The number of carbonyl (C=O) groups is 2. The molecule has 1 aromatic rings. The van der Waals surface area contributed by atoms with Gasteiger partial charge in [0.2, 0.25) is 5.91 Å². The molecule has 0 radical (unpaired) electrons. The molecule has 1 amide bonds. The van der Waals surface area contributed by atoms with Crippen molar-refractivity contribution in [1.29, 1.82) is 0 Å². The summed E-state index contributed by atoms with van der Waals surface area (Å²) < 4.78 is 13.1. The van der Waals surface area contributed by atoms with Crippen molar-refractivity contribution in [2.75, 3.05) is 0 Å². The van der Waals surface area contributed by atoms with Crippen molar-refractivity contribution in [3.8, 4) is 0 Å². The standard InChI is InChI=1S/C11H12FNO3/c1-7(11(15)16)10(14)13-6-8-4-2-3-5-9(8)12/h2-5,7H,6H2,1H3,(H,13,14)(H,15,16). The van der Waals surface area contributed by atoms with E-state index in [2.05, 4.69) is 5.32 Å². The molecule has 0 aliphatic rings. The van der Waals surface area contributed by atoms with Gasteiger partial charge in [0.25, 0.3) is 0 Å². The van der Waals surface area contributed by atoms with E-state index >= 15 is 0 Å². The summed E-state index contributed by atoms with van der Waals surface area (Å²) in [7, 11) is 0. The van der Waals surface area contributed by atoms with E-state index in [0.29, 0.717) is 5.56 Å². The maximum absolute atomic E-state index is 13.1. The lowest BCUT2D eigenvalue weighted by atomic mass is 10.1. The predicted octanol–water partition coefficient (Wildman–Crippen LogP) is 1.16. The molecule has 1 atom stereocenters. The molecule has 1 rings (SSSR count). The van der Waals surface area contributed by atoms with Gasteiger partial charge < -0.3 is 10.4 Å². The highest BCUT2D eigenvalue weighted by molar-refractivity contribution is 5.96.